The van der Waals surface area contributed by atoms with Crippen LogP contribution in [-0.2, 0) is 4.79 Å². The molecule has 1 unspecified atom stereocenters. The summed E-state index contributed by atoms with van der Waals surface area (Å²) in [5.74, 6) is 1.49. The molecular weight excluding hydrogens is 186 g/mol. The van der Waals surface area contributed by atoms with E-state index in [-0.39, 0.29) is 0 Å². The SMILES string of the molecule is C=CC=O.CC(C)C1=CCN(C)CC1C. The largest absolute Gasteiger partial charge is 0.302 e. The number of hydrogen-bond donors (Lipinski definition) is 0. The smallest absolute Gasteiger partial charge is 0.142 e. The molecule has 1 aliphatic rings. The molecule has 1 rings (SSSR count). The topological polar surface area (TPSA) is 20.3 Å². The third-order valence-electron chi connectivity index (χ3n) is 2.56. The molecule has 15 heavy (non-hydrogen) atoms. The van der Waals surface area contributed by atoms with Gasteiger partial charge in [0, 0.05) is 13.1 Å². The summed E-state index contributed by atoms with van der Waals surface area (Å²) in [6.07, 6.45) is 4.22. The normalized spacial score (nSPS) is 21.4. The van der Waals surface area contributed by atoms with Gasteiger partial charge < -0.3 is 4.90 Å². The molecule has 0 fully saturated rings. The van der Waals surface area contributed by atoms with Gasteiger partial charge >= 0.3 is 0 Å². The summed E-state index contributed by atoms with van der Waals surface area (Å²) >= 11 is 0. The molecule has 1 heterocycles. The van der Waals surface area contributed by atoms with E-state index in [9.17, 15) is 0 Å². The highest BCUT2D eigenvalue weighted by Gasteiger charge is 2.17. The van der Waals surface area contributed by atoms with Crippen LogP contribution in [-0.4, -0.2) is 31.3 Å². The molecule has 0 bridgehead atoms. The van der Waals surface area contributed by atoms with Gasteiger partial charge in [-0.1, -0.05) is 39.0 Å². The maximum Gasteiger partial charge on any atom is 0.142 e. The van der Waals surface area contributed by atoms with Crippen molar-refractivity contribution in [3.05, 3.63) is 24.3 Å². The summed E-state index contributed by atoms with van der Waals surface area (Å²) in [7, 11) is 2.18. The number of carbonyl (C=O) groups excluding carboxylic acids is 1. The van der Waals surface area contributed by atoms with Crippen molar-refractivity contribution in [3.8, 4) is 0 Å². The molecule has 2 nitrogen and oxygen atoms in total. The van der Waals surface area contributed by atoms with Crippen LogP contribution in [0.15, 0.2) is 24.3 Å². The highest BCUT2D eigenvalue weighted by Crippen LogP contribution is 2.23. The third-order valence-corrected chi connectivity index (χ3v) is 2.56. The Morgan fingerprint density at radius 3 is 2.47 bits per heavy atom. The Balaban J connectivity index is 0.000000423. The molecule has 0 aromatic rings. The van der Waals surface area contributed by atoms with Crippen molar-refractivity contribution in [1.82, 2.24) is 4.90 Å². The van der Waals surface area contributed by atoms with Gasteiger partial charge in [-0.15, -0.1) is 0 Å². The van der Waals surface area contributed by atoms with Gasteiger partial charge in [0.15, 0.2) is 0 Å². The van der Waals surface area contributed by atoms with Crippen LogP contribution in [0.5, 0.6) is 0 Å². The monoisotopic (exact) mass is 209 g/mol. The molecule has 0 aromatic carbocycles. The average molecular weight is 209 g/mol. The Morgan fingerprint density at radius 1 is 1.60 bits per heavy atom. The Hall–Kier alpha value is -0.890. The lowest BCUT2D eigenvalue weighted by Crippen LogP contribution is -2.31. The predicted octanol–water partition coefficient (Wildman–Crippen LogP) is 2.52. The van der Waals surface area contributed by atoms with E-state index in [4.69, 9.17) is 4.79 Å². The van der Waals surface area contributed by atoms with Crippen LogP contribution in [0.2, 0.25) is 0 Å². The fraction of sp³-hybridized carbons (Fsp3) is 0.615. The highest BCUT2D eigenvalue weighted by molar-refractivity contribution is 5.63. The van der Waals surface area contributed by atoms with Crippen molar-refractivity contribution in [3.63, 3.8) is 0 Å². The number of allylic oxidation sites excluding steroid dienone is 1. The molecule has 0 N–H and O–H groups in total. The fourth-order valence-electron chi connectivity index (χ4n) is 1.91. The van der Waals surface area contributed by atoms with Gasteiger partial charge in [-0.2, -0.15) is 0 Å². The van der Waals surface area contributed by atoms with E-state index in [1.165, 1.54) is 12.6 Å². The number of likely N-dealkylation sites (N-methyl/N-ethyl adjacent to an activating group) is 1. The summed E-state index contributed by atoms with van der Waals surface area (Å²) in [6, 6.07) is 0. The zero-order valence-corrected chi connectivity index (χ0v) is 10.4. The molecule has 0 radical (unpaired) electrons. The Labute approximate surface area is 93.7 Å². The van der Waals surface area contributed by atoms with Gasteiger partial charge in [-0.05, 0) is 25.0 Å². The van der Waals surface area contributed by atoms with Crippen LogP contribution >= 0.6 is 0 Å². The summed E-state index contributed by atoms with van der Waals surface area (Å²) in [5, 5.41) is 0. The number of aldehydes is 1. The Kier molecular flexibility index (Phi) is 6.97. The van der Waals surface area contributed by atoms with Gasteiger partial charge in [0.1, 0.15) is 6.29 Å². The lowest BCUT2D eigenvalue weighted by Gasteiger charge is -2.29. The van der Waals surface area contributed by atoms with E-state index < -0.39 is 0 Å². The van der Waals surface area contributed by atoms with E-state index in [1.807, 2.05) is 0 Å². The predicted molar refractivity (Wildman–Crippen MR) is 65.8 cm³/mol. The lowest BCUT2D eigenvalue weighted by atomic mass is 9.88. The first-order valence-corrected chi connectivity index (χ1v) is 5.47. The van der Waals surface area contributed by atoms with Crippen LogP contribution in [0.1, 0.15) is 20.8 Å². The van der Waals surface area contributed by atoms with Gasteiger partial charge in [-0.25, -0.2) is 0 Å². The molecule has 0 aliphatic carbocycles. The van der Waals surface area contributed by atoms with Crippen molar-refractivity contribution >= 4 is 6.29 Å². The summed E-state index contributed by atoms with van der Waals surface area (Å²) in [5.41, 5.74) is 1.64. The second-order valence-corrected chi connectivity index (χ2v) is 4.35. The summed E-state index contributed by atoms with van der Waals surface area (Å²) < 4.78 is 0. The quantitative estimate of drug-likeness (QED) is 0.396. The first-order valence-electron chi connectivity index (χ1n) is 5.47. The number of nitrogens with zero attached hydrogens (tertiary/aromatic N) is 1. The second-order valence-electron chi connectivity index (χ2n) is 4.35. The Bertz CT molecular complexity index is 225. The molecule has 2 heteroatoms. The second kappa shape index (κ2) is 7.41. The van der Waals surface area contributed by atoms with E-state index >= 15 is 0 Å². The minimum atomic E-state index is 0.639. The molecular formula is C13H23NO. The maximum atomic E-state index is 9.06. The van der Waals surface area contributed by atoms with E-state index in [0.29, 0.717) is 6.29 Å². The van der Waals surface area contributed by atoms with Crippen molar-refractivity contribution in [2.75, 3.05) is 20.1 Å². The zero-order valence-electron chi connectivity index (χ0n) is 10.4. The van der Waals surface area contributed by atoms with Crippen molar-refractivity contribution in [2.24, 2.45) is 11.8 Å². The minimum Gasteiger partial charge on any atom is -0.302 e. The van der Waals surface area contributed by atoms with Crippen molar-refractivity contribution < 1.29 is 4.79 Å². The van der Waals surface area contributed by atoms with E-state index in [1.54, 1.807) is 5.57 Å². The van der Waals surface area contributed by atoms with Crippen molar-refractivity contribution in [2.45, 2.75) is 20.8 Å². The van der Waals surface area contributed by atoms with E-state index in [2.05, 4.69) is 45.4 Å². The van der Waals surface area contributed by atoms with Crippen LogP contribution in [0.4, 0.5) is 0 Å². The Morgan fingerprint density at radius 2 is 2.13 bits per heavy atom. The molecule has 0 saturated carbocycles. The molecule has 1 atom stereocenters. The standard InChI is InChI=1S/C10H19N.C3H4O/c1-8(2)10-5-6-11(4)7-9(10)3;1-2-3-4/h5,8-9H,6-7H2,1-4H3;2-3H,1H2. The number of carbonyl (C=O) groups is 1. The van der Waals surface area contributed by atoms with E-state index in [0.717, 1.165) is 18.4 Å². The molecule has 0 saturated heterocycles. The van der Waals surface area contributed by atoms with Gasteiger partial charge in [-0.3, -0.25) is 4.79 Å². The third kappa shape index (κ3) is 5.53. The van der Waals surface area contributed by atoms with Crippen LogP contribution < -0.4 is 0 Å². The van der Waals surface area contributed by atoms with Crippen LogP contribution in [0, 0.1) is 11.8 Å². The average Bonchev–Trinajstić information content (AvgIpc) is 2.17. The highest BCUT2D eigenvalue weighted by atomic mass is 16.1. The van der Waals surface area contributed by atoms with Gasteiger partial charge in [0.05, 0.1) is 0 Å². The van der Waals surface area contributed by atoms with Crippen LogP contribution in [0.3, 0.4) is 0 Å². The number of hydrogen-bond acceptors (Lipinski definition) is 2. The van der Waals surface area contributed by atoms with Gasteiger partial charge in [0.25, 0.3) is 0 Å². The van der Waals surface area contributed by atoms with Crippen LogP contribution in [0.25, 0.3) is 0 Å². The van der Waals surface area contributed by atoms with Gasteiger partial charge in [0.2, 0.25) is 0 Å². The van der Waals surface area contributed by atoms with Crippen molar-refractivity contribution in [1.29, 1.82) is 0 Å². The lowest BCUT2D eigenvalue weighted by molar-refractivity contribution is -0.104. The number of rotatable bonds is 2. The first-order chi connectivity index (χ1) is 7.02. The molecule has 0 spiro atoms. The summed E-state index contributed by atoms with van der Waals surface area (Å²) in [6.45, 7) is 12.4. The zero-order chi connectivity index (χ0) is 11.8. The molecule has 0 amide bonds. The summed E-state index contributed by atoms with van der Waals surface area (Å²) in [4.78, 5) is 11.4. The first kappa shape index (κ1) is 14.1. The minimum absolute atomic E-state index is 0.639. The molecule has 0 aromatic heterocycles. The molecule has 86 valence electrons. The molecule has 1 aliphatic heterocycles. The fourth-order valence-corrected chi connectivity index (χ4v) is 1.91. The maximum absolute atomic E-state index is 9.06.